The number of thiophene rings is 1. The van der Waals surface area contributed by atoms with Crippen LogP contribution >= 0.6 is 11.3 Å². The van der Waals surface area contributed by atoms with E-state index in [1.165, 1.54) is 4.88 Å². The zero-order valence-electron chi connectivity index (χ0n) is 12.6. The Labute approximate surface area is 115 Å². The summed E-state index contributed by atoms with van der Waals surface area (Å²) in [4.78, 5) is 1.26. The average Bonchev–Trinajstić information content (AvgIpc) is 2.67. The summed E-state index contributed by atoms with van der Waals surface area (Å²) >= 11 is 1.74. The lowest BCUT2D eigenvalue weighted by Crippen LogP contribution is -2.35. The molecule has 0 aliphatic rings. The van der Waals surface area contributed by atoms with Gasteiger partial charge in [-0.15, -0.1) is 11.3 Å². The van der Waals surface area contributed by atoms with Crippen LogP contribution < -0.4 is 0 Å². The summed E-state index contributed by atoms with van der Waals surface area (Å²) in [5.74, 6) is 0. The summed E-state index contributed by atoms with van der Waals surface area (Å²) < 4.78 is 11.8. The molecule has 104 valence electrons. The lowest BCUT2D eigenvalue weighted by atomic mass is 9.87. The fraction of sp³-hybridized carbons (Fsp3) is 0.733. The minimum absolute atomic E-state index is 0.0322. The van der Waals surface area contributed by atoms with Crippen molar-refractivity contribution in [3.8, 4) is 0 Å². The molecule has 3 heteroatoms. The van der Waals surface area contributed by atoms with Crippen LogP contribution in [0.2, 0.25) is 0 Å². The second-order valence-electron chi connectivity index (χ2n) is 6.83. The fourth-order valence-corrected chi connectivity index (χ4v) is 2.88. The van der Waals surface area contributed by atoms with E-state index in [4.69, 9.17) is 9.47 Å². The smallest absolute Gasteiger partial charge is 0.162 e. The molecule has 1 aromatic rings. The summed E-state index contributed by atoms with van der Waals surface area (Å²) in [5.41, 5.74) is 0.0163. The summed E-state index contributed by atoms with van der Waals surface area (Å²) in [7, 11) is 1.71. The van der Waals surface area contributed by atoms with Gasteiger partial charge in [-0.1, -0.05) is 47.6 Å². The van der Waals surface area contributed by atoms with Crippen molar-refractivity contribution in [1.82, 2.24) is 0 Å². The summed E-state index contributed by atoms with van der Waals surface area (Å²) in [6.45, 7) is 13.0. The Hall–Kier alpha value is -0.380. The van der Waals surface area contributed by atoms with Gasteiger partial charge in [0.2, 0.25) is 0 Å². The number of ether oxygens (including phenoxy) is 2. The molecule has 0 fully saturated rings. The summed E-state index contributed by atoms with van der Waals surface area (Å²) in [6, 6.07) is 4.21. The van der Waals surface area contributed by atoms with Gasteiger partial charge in [0, 0.05) is 17.4 Å². The van der Waals surface area contributed by atoms with Gasteiger partial charge in [0.15, 0.2) is 6.29 Å². The van der Waals surface area contributed by atoms with Gasteiger partial charge in [-0.05, 0) is 16.9 Å². The zero-order chi connectivity index (χ0) is 14.0. The molecule has 18 heavy (non-hydrogen) atoms. The van der Waals surface area contributed by atoms with E-state index in [9.17, 15) is 0 Å². The molecule has 0 aromatic carbocycles. The molecule has 2 nitrogen and oxygen atoms in total. The normalized spacial score (nSPS) is 16.6. The standard InChI is InChI=1S/C15H26O2S/c1-14(2,3)12(11-9-8-10-18-11)17-13(16-7)15(4,5)6/h8-10,12-13H,1-7H3. The highest BCUT2D eigenvalue weighted by molar-refractivity contribution is 7.10. The summed E-state index contributed by atoms with van der Waals surface area (Å²) in [5, 5.41) is 2.09. The van der Waals surface area contributed by atoms with Crippen LogP contribution in [-0.4, -0.2) is 13.4 Å². The van der Waals surface area contributed by atoms with Crippen LogP contribution in [0, 0.1) is 10.8 Å². The summed E-state index contributed by atoms with van der Waals surface area (Å²) in [6.07, 6.45) is -0.148. The largest absolute Gasteiger partial charge is 0.355 e. The van der Waals surface area contributed by atoms with Crippen molar-refractivity contribution in [1.29, 1.82) is 0 Å². The predicted molar refractivity (Wildman–Crippen MR) is 77.9 cm³/mol. The van der Waals surface area contributed by atoms with Crippen molar-refractivity contribution in [2.75, 3.05) is 7.11 Å². The first-order chi connectivity index (χ1) is 8.16. The third-order valence-corrected chi connectivity index (χ3v) is 3.68. The van der Waals surface area contributed by atoms with E-state index in [1.807, 2.05) is 0 Å². The third kappa shape index (κ3) is 4.08. The number of hydrogen-bond donors (Lipinski definition) is 0. The van der Waals surface area contributed by atoms with Crippen molar-refractivity contribution in [3.05, 3.63) is 22.4 Å². The molecule has 1 aromatic heterocycles. The van der Waals surface area contributed by atoms with E-state index >= 15 is 0 Å². The monoisotopic (exact) mass is 270 g/mol. The molecular weight excluding hydrogens is 244 g/mol. The molecule has 1 rings (SSSR count). The Kier molecular flexibility index (Phi) is 4.98. The SMILES string of the molecule is COC(OC(c1cccs1)C(C)(C)C)C(C)(C)C. The van der Waals surface area contributed by atoms with Crippen molar-refractivity contribution in [3.63, 3.8) is 0 Å². The maximum atomic E-state index is 6.26. The van der Waals surface area contributed by atoms with Crippen LogP contribution in [0.3, 0.4) is 0 Å². The van der Waals surface area contributed by atoms with Crippen molar-refractivity contribution in [2.24, 2.45) is 10.8 Å². The molecule has 0 aliphatic carbocycles. The zero-order valence-corrected chi connectivity index (χ0v) is 13.4. The Morgan fingerprint density at radius 2 is 1.67 bits per heavy atom. The molecule has 0 aliphatic heterocycles. The van der Waals surface area contributed by atoms with E-state index in [1.54, 1.807) is 18.4 Å². The van der Waals surface area contributed by atoms with E-state index in [2.05, 4.69) is 59.1 Å². The van der Waals surface area contributed by atoms with Gasteiger partial charge in [0.05, 0.1) is 6.10 Å². The van der Waals surface area contributed by atoms with Gasteiger partial charge in [-0.25, -0.2) is 0 Å². The second kappa shape index (κ2) is 5.72. The molecule has 0 radical (unpaired) electrons. The van der Waals surface area contributed by atoms with Crippen LogP contribution in [0.4, 0.5) is 0 Å². The van der Waals surface area contributed by atoms with Gasteiger partial charge in [-0.2, -0.15) is 0 Å². The Morgan fingerprint density at radius 1 is 1.06 bits per heavy atom. The topological polar surface area (TPSA) is 18.5 Å². The van der Waals surface area contributed by atoms with Gasteiger partial charge >= 0.3 is 0 Å². The van der Waals surface area contributed by atoms with Crippen molar-refractivity contribution < 1.29 is 9.47 Å². The van der Waals surface area contributed by atoms with Crippen LogP contribution in [-0.2, 0) is 9.47 Å². The molecule has 0 N–H and O–H groups in total. The number of hydrogen-bond acceptors (Lipinski definition) is 3. The highest BCUT2D eigenvalue weighted by atomic mass is 32.1. The van der Waals surface area contributed by atoms with E-state index in [-0.39, 0.29) is 23.2 Å². The van der Waals surface area contributed by atoms with Gasteiger partial charge in [0.1, 0.15) is 0 Å². The Bertz CT molecular complexity index is 344. The average molecular weight is 270 g/mol. The maximum Gasteiger partial charge on any atom is 0.162 e. The Morgan fingerprint density at radius 3 is 2.00 bits per heavy atom. The lowest BCUT2D eigenvalue weighted by Gasteiger charge is -2.37. The van der Waals surface area contributed by atoms with E-state index in [0.717, 1.165) is 0 Å². The number of rotatable bonds is 4. The predicted octanol–water partition coefficient (Wildman–Crippen LogP) is 4.87. The van der Waals surface area contributed by atoms with Crippen LogP contribution in [0.5, 0.6) is 0 Å². The molecule has 1 heterocycles. The van der Waals surface area contributed by atoms with Crippen LogP contribution in [0.25, 0.3) is 0 Å². The second-order valence-corrected chi connectivity index (χ2v) is 7.81. The van der Waals surface area contributed by atoms with Gasteiger partial charge < -0.3 is 9.47 Å². The molecule has 0 amide bonds. The molecule has 2 unspecified atom stereocenters. The first-order valence-corrected chi connectivity index (χ1v) is 7.26. The lowest BCUT2D eigenvalue weighted by molar-refractivity contribution is -0.224. The molecule has 0 spiro atoms. The highest BCUT2D eigenvalue weighted by Crippen LogP contribution is 2.41. The molecule has 0 bridgehead atoms. The van der Waals surface area contributed by atoms with Gasteiger partial charge in [0.25, 0.3) is 0 Å². The van der Waals surface area contributed by atoms with Crippen LogP contribution in [0.1, 0.15) is 52.5 Å². The van der Waals surface area contributed by atoms with E-state index in [0.29, 0.717) is 0 Å². The van der Waals surface area contributed by atoms with Crippen molar-refractivity contribution in [2.45, 2.75) is 53.9 Å². The highest BCUT2D eigenvalue weighted by Gasteiger charge is 2.35. The molecule has 0 saturated carbocycles. The van der Waals surface area contributed by atoms with E-state index < -0.39 is 0 Å². The molecule has 0 saturated heterocycles. The quantitative estimate of drug-likeness (QED) is 0.727. The molecule has 2 atom stereocenters. The first-order valence-electron chi connectivity index (χ1n) is 6.38. The minimum Gasteiger partial charge on any atom is -0.355 e. The Balaban J connectivity index is 2.93. The minimum atomic E-state index is -0.205. The fourth-order valence-electron chi connectivity index (χ4n) is 1.88. The van der Waals surface area contributed by atoms with Gasteiger partial charge in [-0.3, -0.25) is 0 Å². The van der Waals surface area contributed by atoms with Crippen LogP contribution in [0.15, 0.2) is 17.5 Å². The number of methoxy groups -OCH3 is 1. The maximum absolute atomic E-state index is 6.26. The first kappa shape index (κ1) is 15.7. The third-order valence-electron chi connectivity index (χ3n) is 2.77. The molecular formula is C15H26O2S. The van der Waals surface area contributed by atoms with Crippen molar-refractivity contribution >= 4 is 11.3 Å².